The van der Waals surface area contributed by atoms with Gasteiger partial charge in [0.15, 0.2) is 6.61 Å². The molecule has 31 heavy (non-hydrogen) atoms. The fourth-order valence-electron chi connectivity index (χ4n) is 2.43. The van der Waals surface area contributed by atoms with Crippen LogP contribution in [0.4, 0.5) is 5.69 Å². The van der Waals surface area contributed by atoms with E-state index in [9.17, 15) is 18.0 Å². The van der Waals surface area contributed by atoms with Crippen LogP contribution in [-0.2, 0) is 19.6 Å². The first-order valence-electron chi connectivity index (χ1n) is 8.57. The number of carbonyl (C=O) groups is 1. The van der Waals surface area contributed by atoms with Crippen molar-refractivity contribution in [2.45, 2.75) is 4.90 Å². The Morgan fingerprint density at radius 2 is 1.87 bits per heavy atom. The van der Waals surface area contributed by atoms with Gasteiger partial charge in [-0.15, -0.1) is 0 Å². The molecular weight excluding hydrogens is 469 g/mol. The third kappa shape index (κ3) is 5.35. The fraction of sp³-hybridized carbons (Fsp3) is 0.105. The number of ether oxygens (including phenoxy) is 2. The Hall–Kier alpha value is -3.08. The summed E-state index contributed by atoms with van der Waals surface area (Å²) in [6.45, 7) is -0.309. The van der Waals surface area contributed by atoms with Gasteiger partial charge in [0.1, 0.15) is 10.8 Å². The highest BCUT2D eigenvalue weighted by Gasteiger charge is 2.16. The van der Waals surface area contributed by atoms with Crippen LogP contribution >= 0.6 is 23.2 Å². The summed E-state index contributed by atoms with van der Waals surface area (Å²) in [6, 6.07) is 11.5. The van der Waals surface area contributed by atoms with Crippen molar-refractivity contribution >= 4 is 44.9 Å². The number of methoxy groups -OCH3 is 1. The van der Waals surface area contributed by atoms with Crippen LogP contribution in [0.3, 0.4) is 0 Å². The summed E-state index contributed by atoms with van der Waals surface area (Å²) < 4.78 is 38.5. The van der Waals surface area contributed by atoms with Crippen LogP contribution in [0.15, 0.2) is 64.4 Å². The molecule has 1 N–H and O–H groups in total. The molecule has 0 aliphatic rings. The van der Waals surface area contributed by atoms with E-state index in [1.807, 2.05) is 0 Å². The molecule has 0 atom stereocenters. The summed E-state index contributed by atoms with van der Waals surface area (Å²) in [7, 11) is -2.71. The normalized spacial score (nSPS) is 11.1. The van der Waals surface area contributed by atoms with Crippen molar-refractivity contribution in [3.63, 3.8) is 0 Å². The molecule has 0 aliphatic heterocycles. The van der Waals surface area contributed by atoms with E-state index in [1.54, 1.807) is 12.1 Å². The van der Waals surface area contributed by atoms with E-state index in [2.05, 4.69) is 14.6 Å². The zero-order valence-electron chi connectivity index (χ0n) is 15.9. The van der Waals surface area contributed by atoms with E-state index in [4.69, 9.17) is 27.9 Å². The monoisotopic (exact) mass is 483 g/mol. The standard InChI is InChI=1S/C19H15Cl2N3O6S/c1-29-17(25)11-30-14-4-2-3-12(9-14)23-31(27,28)15-7-5-13(6-8-15)24-19(26)18(21)16(20)10-22-24/h2-10,23H,11H2,1H3. The number of rotatable bonds is 7. The summed E-state index contributed by atoms with van der Waals surface area (Å²) in [5.41, 5.74) is -0.0961. The number of halogens is 2. The second-order valence-electron chi connectivity index (χ2n) is 6.02. The maximum absolute atomic E-state index is 12.7. The van der Waals surface area contributed by atoms with Crippen LogP contribution in [0.5, 0.6) is 5.75 Å². The lowest BCUT2D eigenvalue weighted by Crippen LogP contribution is -2.21. The molecule has 0 spiro atoms. The number of nitrogens with zero attached hydrogens (tertiary/aromatic N) is 2. The molecule has 9 nitrogen and oxygen atoms in total. The molecule has 0 aliphatic carbocycles. The van der Waals surface area contributed by atoms with Gasteiger partial charge in [-0.05, 0) is 36.4 Å². The van der Waals surface area contributed by atoms with E-state index in [0.717, 1.165) is 4.68 Å². The first-order valence-corrected chi connectivity index (χ1v) is 10.8. The number of aromatic nitrogens is 2. The lowest BCUT2D eigenvalue weighted by molar-refractivity contribution is -0.142. The van der Waals surface area contributed by atoms with Gasteiger partial charge < -0.3 is 9.47 Å². The lowest BCUT2D eigenvalue weighted by atomic mass is 10.3. The Kier molecular flexibility index (Phi) is 6.84. The molecule has 0 unspecified atom stereocenters. The smallest absolute Gasteiger partial charge is 0.343 e. The highest BCUT2D eigenvalue weighted by Crippen LogP contribution is 2.22. The first kappa shape index (κ1) is 22.6. The quantitative estimate of drug-likeness (QED) is 0.513. The van der Waals surface area contributed by atoms with E-state index in [0.29, 0.717) is 5.69 Å². The van der Waals surface area contributed by atoms with Crippen molar-refractivity contribution in [3.8, 4) is 11.4 Å². The molecule has 0 saturated heterocycles. The minimum absolute atomic E-state index is 0.0177. The van der Waals surface area contributed by atoms with Gasteiger partial charge in [0.25, 0.3) is 15.6 Å². The highest BCUT2D eigenvalue weighted by molar-refractivity contribution is 7.92. The Morgan fingerprint density at radius 3 is 2.55 bits per heavy atom. The Balaban J connectivity index is 1.80. The largest absolute Gasteiger partial charge is 0.482 e. The molecule has 2 aromatic carbocycles. The summed E-state index contributed by atoms with van der Waals surface area (Å²) in [5.74, 6) is -0.285. The number of hydrogen-bond donors (Lipinski definition) is 1. The number of hydrogen-bond acceptors (Lipinski definition) is 7. The first-order chi connectivity index (χ1) is 14.7. The van der Waals surface area contributed by atoms with Gasteiger partial charge in [-0.2, -0.15) is 9.78 Å². The van der Waals surface area contributed by atoms with Gasteiger partial charge >= 0.3 is 5.97 Å². The lowest BCUT2D eigenvalue weighted by Gasteiger charge is -2.11. The topological polar surface area (TPSA) is 117 Å². The predicted molar refractivity (Wildman–Crippen MR) is 115 cm³/mol. The summed E-state index contributed by atoms with van der Waals surface area (Å²) in [6.07, 6.45) is 1.22. The minimum atomic E-state index is -3.94. The molecule has 0 bridgehead atoms. The molecular formula is C19H15Cl2N3O6S. The van der Waals surface area contributed by atoms with Crippen molar-refractivity contribution < 1.29 is 22.7 Å². The molecule has 0 saturated carbocycles. The van der Waals surface area contributed by atoms with Crippen LogP contribution in [0, 0.1) is 0 Å². The molecule has 12 heteroatoms. The van der Waals surface area contributed by atoms with Crippen LogP contribution in [0.1, 0.15) is 0 Å². The van der Waals surface area contributed by atoms with E-state index < -0.39 is 21.6 Å². The molecule has 0 radical (unpaired) electrons. The average molecular weight is 484 g/mol. The van der Waals surface area contributed by atoms with Crippen LogP contribution in [-0.4, -0.2) is 37.9 Å². The van der Waals surface area contributed by atoms with Gasteiger partial charge in [0, 0.05) is 6.07 Å². The number of nitrogens with one attached hydrogen (secondary N) is 1. The zero-order valence-corrected chi connectivity index (χ0v) is 18.2. The van der Waals surface area contributed by atoms with Crippen LogP contribution in [0.2, 0.25) is 10.0 Å². The third-order valence-corrected chi connectivity index (χ3v) is 6.08. The van der Waals surface area contributed by atoms with Gasteiger partial charge in [-0.1, -0.05) is 29.3 Å². The maximum Gasteiger partial charge on any atom is 0.343 e. The van der Waals surface area contributed by atoms with Gasteiger partial charge in [0.2, 0.25) is 0 Å². The number of carbonyl (C=O) groups excluding carboxylic acids is 1. The number of esters is 1. The van der Waals surface area contributed by atoms with Gasteiger partial charge in [-0.3, -0.25) is 9.52 Å². The van der Waals surface area contributed by atoms with Crippen LogP contribution < -0.4 is 15.0 Å². The summed E-state index contributed by atoms with van der Waals surface area (Å²) in [4.78, 5) is 23.3. The molecule has 1 aromatic heterocycles. The highest BCUT2D eigenvalue weighted by atomic mass is 35.5. The number of sulfonamides is 1. The summed E-state index contributed by atoms with van der Waals surface area (Å²) in [5, 5.41) is 3.72. The molecule has 162 valence electrons. The SMILES string of the molecule is COC(=O)COc1cccc(NS(=O)(=O)c2ccc(-n3ncc(Cl)c(Cl)c3=O)cc2)c1. The van der Waals surface area contributed by atoms with Gasteiger partial charge in [0.05, 0.1) is 34.6 Å². The Labute approximate surface area is 187 Å². The zero-order chi connectivity index (χ0) is 22.6. The van der Waals surface area contributed by atoms with E-state index in [-0.39, 0.29) is 33.0 Å². The van der Waals surface area contributed by atoms with Crippen LogP contribution in [0.25, 0.3) is 5.69 Å². The van der Waals surface area contributed by atoms with E-state index in [1.165, 1.54) is 49.7 Å². The summed E-state index contributed by atoms with van der Waals surface area (Å²) >= 11 is 11.6. The Morgan fingerprint density at radius 1 is 1.16 bits per heavy atom. The molecule has 3 rings (SSSR count). The van der Waals surface area contributed by atoms with Crippen molar-refractivity contribution in [3.05, 3.63) is 75.1 Å². The minimum Gasteiger partial charge on any atom is -0.482 e. The number of anilines is 1. The Bertz CT molecular complexity index is 1280. The maximum atomic E-state index is 12.7. The molecule has 3 aromatic rings. The molecule has 1 heterocycles. The fourth-order valence-corrected chi connectivity index (χ4v) is 3.73. The van der Waals surface area contributed by atoms with Crippen molar-refractivity contribution in [2.24, 2.45) is 0 Å². The molecule has 0 fully saturated rings. The van der Waals surface area contributed by atoms with Crippen molar-refractivity contribution in [1.29, 1.82) is 0 Å². The second kappa shape index (κ2) is 9.38. The number of benzene rings is 2. The van der Waals surface area contributed by atoms with E-state index >= 15 is 0 Å². The van der Waals surface area contributed by atoms with Crippen molar-refractivity contribution in [2.75, 3.05) is 18.4 Å². The molecule has 0 amide bonds. The second-order valence-corrected chi connectivity index (χ2v) is 8.48. The predicted octanol–water partition coefficient (Wildman–Crippen LogP) is 2.89. The average Bonchev–Trinajstić information content (AvgIpc) is 2.76. The van der Waals surface area contributed by atoms with Gasteiger partial charge in [-0.25, -0.2) is 13.2 Å². The van der Waals surface area contributed by atoms with Crippen molar-refractivity contribution in [1.82, 2.24) is 9.78 Å². The third-order valence-electron chi connectivity index (χ3n) is 3.94.